The average molecular weight is 256 g/mol. The maximum atomic E-state index is 11.7. The van der Waals surface area contributed by atoms with Crippen LogP contribution in [0.5, 0.6) is 0 Å². The number of ether oxygens (including phenoxy) is 1. The van der Waals surface area contributed by atoms with Gasteiger partial charge in [-0.05, 0) is 38.8 Å². The Labute approximate surface area is 107 Å². The van der Waals surface area contributed by atoms with E-state index in [-0.39, 0.29) is 0 Å². The van der Waals surface area contributed by atoms with Gasteiger partial charge in [0.25, 0.3) is 0 Å². The predicted octanol–water partition coefficient (Wildman–Crippen LogP) is 2.55. The standard InChI is InChI=1S/C13H18ClNO2/c1-13(2,3)17-12(16)11(15)8-9-6-4-5-7-10(9)14/h4-7,11H,8,15H2,1-3H3/t11-/m1/s1. The molecule has 0 aliphatic heterocycles. The zero-order valence-corrected chi connectivity index (χ0v) is 11.1. The highest BCUT2D eigenvalue weighted by Crippen LogP contribution is 2.17. The molecule has 2 N–H and O–H groups in total. The predicted molar refractivity (Wildman–Crippen MR) is 69.0 cm³/mol. The zero-order valence-electron chi connectivity index (χ0n) is 10.4. The second-order valence-electron chi connectivity index (χ2n) is 4.94. The third kappa shape index (κ3) is 4.75. The molecule has 1 aromatic carbocycles. The Balaban J connectivity index is 2.64. The van der Waals surface area contributed by atoms with Crippen LogP contribution in [-0.2, 0) is 16.0 Å². The SMILES string of the molecule is CC(C)(C)OC(=O)[C@H](N)Cc1ccccc1Cl. The number of nitrogens with two attached hydrogens (primary N) is 1. The first kappa shape index (κ1) is 14.0. The first-order valence-corrected chi connectivity index (χ1v) is 5.89. The molecule has 0 aromatic heterocycles. The topological polar surface area (TPSA) is 52.3 Å². The van der Waals surface area contributed by atoms with Crippen LogP contribution in [-0.4, -0.2) is 17.6 Å². The highest BCUT2D eigenvalue weighted by molar-refractivity contribution is 6.31. The Morgan fingerprint density at radius 1 is 1.41 bits per heavy atom. The van der Waals surface area contributed by atoms with E-state index in [1.165, 1.54) is 0 Å². The number of carbonyl (C=O) groups is 1. The van der Waals surface area contributed by atoms with Crippen LogP contribution in [0.25, 0.3) is 0 Å². The molecule has 17 heavy (non-hydrogen) atoms. The van der Waals surface area contributed by atoms with Crippen molar-refractivity contribution in [2.24, 2.45) is 5.73 Å². The summed E-state index contributed by atoms with van der Waals surface area (Å²) < 4.78 is 5.20. The first-order valence-electron chi connectivity index (χ1n) is 5.51. The van der Waals surface area contributed by atoms with Crippen molar-refractivity contribution < 1.29 is 9.53 Å². The summed E-state index contributed by atoms with van der Waals surface area (Å²) in [5.41, 5.74) is 6.13. The van der Waals surface area contributed by atoms with E-state index in [4.69, 9.17) is 22.1 Å². The van der Waals surface area contributed by atoms with E-state index in [0.717, 1.165) is 5.56 Å². The molecule has 3 nitrogen and oxygen atoms in total. The molecular formula is C13H18ClNO2. The van der Waals surface area contributed by atoms with Crippen LogP contribution in [0.2, 0.25) is 5.02 Å². The van der Waals surface area contributed by atoms with Crippen LogP contribution in [0.1, 0.15) is 26.3 Å². The minimum absolute atomic E-state index is 0.384. The molecule has 0 saturated heterocycles. The minimum atomic E-state index is -0.686. The Hall–Kier alpha value is -1.06. The number of esters is 1. The monoisotopic (exact) mass is 255 g/mol. The molecule has 0 fully saturated rings. The quantitative estimate of drug-likeness (QED) is 0.845. The number of carbonyl (C=O) groups excluding carboxylic acids is 1. The lowest BCUT2D eigenvalue weighted by molar-refractivity contribution is -0.156. The van der Waals surface area contributed by atoms with Crippen LogP contribution in [0.4, 0.5) is 0 Å². The molecule has 0 aliphatic carbocycles. The molecule has 0 unspecified atom stereocenters. The summed E-state index contributed by atoms with van der Waals surface area (Å²) in [4.78, 5) is 11.7. The molecule has 0 amide bonds. The van der Waals surface area contributed by atoms with Gasteiger partial charge >= 0.3 is 5.97 Å². The molecule has 0 radical (unpaired) electrons. The van der Waals surface area contributed by atoms with E-state index >= 15 is 0 Å². The van der Waals surface area contributed by atoms with Crippen LogP contribution < -0.4 is 5.73 Å². The van der Waals surface area contributed by atoms with Crippen LogP contribution in [0.3, 0.4) is 0 Å². The van der Waals surface area contributed by atoms with Crippen LogP contribution in [0, 0.1) is 0 Å². The van der Waals surface area contributed by atoms with E-state index in [2.05, 4.69) is 0 Å². The maximum absolute atomic E-state index is 11.7. The van der Waals surface area contributed by atoms with Gasteiger partial charge < -0.3 is 10.5 Å². The fraction of sp³-hybridized carbons (Fsp3) is 0.462. The van der Waals surface area contributed by atoms with Gasteiger partial charge in [-0.1, -0.05) is 29.8 Å². The molecule has 94 valence electrons. The second-order valence-corrected chi connectivity index (χ2v) is 5.34. The molecule has 4 heteroatoms. The molecular weight excluding hydrogens is 238 g/mol. The minimum Gasteiger partial charge on any atom is -0.459 e. The van der Waals surface area contributed by atoms with Gasteiger partial charge in [0.1, 0.15) is 11.6 Å². The van der Waals surface area contributed by atoms with Gasteiger partial charge in [-0.15, -0.1) is 0 Å². The molecule has 1 aromatic rings. The van der Waals surface area contributed by atoms with Crippen molar-refractivity contribution in [2.75, 3.05) is 0 Å². The highest BCUT2D eigenvalue weighted by atomic mass is 35.5. The molecule has 0 bridgehead atoms. The normalized spacial score (nSPS) is 13.2. The maximum Gasteiger partial charge on any atom is 0.323 e. The lowest BCUT2D eigenvalue weighted by Gasteiger charge is -2.22. The Morgan fingerprint density at radius 2 is 2.00 bits per heavy atom. The Morgan fingerprint density at radius 3 is 2.53 bits per heavy atom. The fourth-order valence-corrected chi connectivity index (χ4v) is 1.57. The van der Waals surface area contributed by atoms with Gasteiger partial charge in [0.05, 0.1) is 0 Å². The fourth-order valence-electron chi connectivity index (χ4n) is 1.36. The Kier molecular flexibility index (Phi) is 4.54. The van der Waals surface area contributed by atoms with E-state index in [1.807, 2.05) is 39.0 Å². The average Bonchev–Trinajstić information content (AvgIpc) is 2.18. The number of benzene rings is 1. The summed E-state index contributed by atoms with van der Waals surface area (Å²) in [6, 6.07) is 6.65. The number of hydrogen-bond acceptors (Lipinski definition) is 3. The molecule has 1 rings (SSSR count). The van der Waals surface area contributed by atoms with Crippen molar-refractivity contribution in [2.45, 2.75) is 38.8 Å². The smallest absolute Gasteiger partial charge is 0.323 e. The van der Waals surface area contributed by atoms with Gasteiger partial charge in [-0.2, -0.15) is 0 Å². The molecule has 0 heterocycles. The van der Waals surface area contributed by atoms with Gasteiger partial charge in [0.15, 0.2) is 0 Å². The van der Waals surface area contributed by atoms with Gasteiger partial charge in [-0.25, -0.2) is 0 Å². The zero-order chi connectivity index (χ0) is 13.1. The van der Waals surface area contributed by atoms with Gasteiger partial charge in [-0.3, -0.25) is 4.79 Å². The van der Waals surface area contributed by atoms with Gasteiger partial charge in [0.2, 0.25) is 0 Å². The van der Waals surface area contributed by atoms with Crippen molar-refractivity contribution >= 4 is 17.6 Å². The third-order valence-corrected chi connectivity index (χ3v) is 2.48. The molecule has 0 saturated carbocycles. The van der Waals surface area contributed by atoms with Crippen molar-refractivity contribution in [1.82, 2.24) is 0 Å². The third-order valence-electron chi connectivity index (χ3n) is 2.11. The van der Waals surface area contributed by atoms with E-state index in [1.54, 1.807) is 6.07 Å². The Bertz CT molecular complexity index is 399. The van der Waals surface area contributed by atoms with Crippen LogP contribution in [0.15, 0.2) is 24.3 Å². The summed E-state index contributed by atoms with van der Waals surface area (Å²) >= 11 is 6.00. The molecule has 0 spiro atoms. The highest BCUT2D eigenvalue weighted by Gasteiger charge is 2.22. The molecule has 1 atom stereocenters. The summed E-state index contributed by atoms with van der Waals surface area (Å²) in [6.07, 6.45) is 0.384. The number of halogens is 1. The summed E-state index contributed by atoms with van der Waals surface area (Å²) in [7, 11) is 0. The first-order chi connectivity index (χ1) is 7.79. The van der Waals surface area contributed by atoms with E-state index < -0.39 is 17.6 Å². The number of hydrogen-bond donors (Lipinski definition) is 1. The lowest BCUT2D eigenvalue weighted by Crippen LogP contribution is -2.38. The van der Waals surface area contributed by atoms with Crippen molar-refractivity contribution in [1.29, 1.82) is 0 Å². The summed E-state index contributed by atoms with van der Waals surface area (Å²) in [6.45, 7) is 5.44. The summed E-state index contributed by atoms with van der Waals surface area (Å²) in [5.74, 6) is -0.405. The molecule has 0 aliphatic rings. The van der Waals surface area contributed by atoms with Crippen molar-refractivity contribution in [3.8, 4) is 0 Å². The van der Waals surface area contributed by atoms with E-state index in [0.29, 0.717) is 11.4 Å². The lowest BCUT2D eigenvalue weighted by atomic mass is 10.1. The number of rotatable bonds is 3. The van der Waals surface area contributed by atoms with Crippen LogP contribution >= 0.6 is 11.6 Å². The summed E-state index contributed by atoms with van der Waals surface area (Å²) in [5, 5.41) is 0.617. The van der Waals surface area contributed by atoms with Gasteiger partial charge in [0, 0.05) is 5.02 Å². The second kappa shape index (κ2) is 5.52. The van der Waals surface area contributed by atoms with Crippen molar-refractivity contribution in [3.05, 3.63) is 34.9 Å². The largest absolute Gasteiger partial charge is 0.459 e. The van der Waals surface area contributed by atoms with E-state index in [9.17, 15) is 4.79 Å². The van der Waals surface area contributed by atoms with Crippen molar-refractivity contribution in [3.63, 3.8) is 0 Å².